The van der Waals surface area contributed by atoms with Crippen LogP contribution < -0.4 is 4.57 Å². The number of hydrogen-bond acceptors (Lipinski definition) is 0. The van der Waals surface area contributed by atoms with Gasteiger partial charge in [-0.05, 0) is 34.3 Å². The standard InChI is InChI=1S/C17H15Cl2N2/c18-16-17(19)21(12-15-9-5-2-6-10-15)13-20(16)11-14-7-3-1-4-8-14/h1-10,13H,11-12H2/q+1. The largest absolute Gasteiger partial charge is 0.255 e. The van der Waals surface area contributed by atoms with Crippen LogP contribution in [0.3, 0.4) is 0 Å². The van der Waals surface area contributed by atoms with Gasteiger partial charge < -0.3 is 0 Å². The number of imidazole rings is 1. The first-order valence-corrected chi connectivity index (χ1v) is 7.51. The minimum Gasteiger partial charge on any atom is -0.215 e. The highest BCUT2D eigenvalue weighted by Gasteiger charge is 2.20. The molecule has 2 nitrogen and oxygen atoms in total. The van der Waals surface area contributed by atoms with Crippen molar-refractivity contribution < 1.29 is 4.57 Å². The van der Waals surface area contributed by atoms with Gasteiger partial charge in [0.1, 0.15) is 13.1 Å². The third-order valence-electron chi connectivity index (χ3n) is 3.34. The summed E-state index contributed by atoms with van der Waals surface area (Å²) in [5.41, 5.74) is 2.39. The second kappa shape index (κ2) is 6.33. The van der Waals surface area contributed by atoms with Crippen molar-refractivity contribution in [2.45, 2.75) is 13.1 Å². The molecular formula is C17H15Cl2N2+. The van der Waals surface area contributed by atoms with E-state index in [1.807, 2.05) is 51.9 Å². The average molecular weight is 318 g/mol. The zero-order valence-electron chi connectivity index (χ0n) is 11.4. The van der Waals surface area contributed by atoms with E-state index < -0.39 is 0 Å². The Morgan fingerprint density at radius 2 is 1.38 bits per heavy atom. The van der Waals surface area contributed by atoms with Gasteiger partial charge in [-0.15, -0.1) is 0 Å². The Balaban J connectivity index is 1.85. The maximum atomic E-state index is 6.34. The summed E-state index contributed by atoms with van der Waals surface area (Å²) in [5, 5.41) is 1.13. The van der Waals surface area contributed by atoms with Gasteiger partial charge in [0.15, 0.2) is 0 Å². The molecule has 0 bridgehead atoms. The fraction of sp³-hybridized carbons (Fsp3) is 0.118. The van der Waals surface area contributed by atoms with Gasteiger partial charge in [-0.3, -0.25) is 0 Å². The van der Waals surface area contributed by atoms with Crippen molar-refractivity contribution in [3.63, 3.8) is 0 Å². The molecule has 0 aliphatic carbocycles. The van der Waals surface area contributed by atoms with E-state index in [0.29, 0.717) is 23.4 Å². The summed E-state index contributed by atoms with van der Waals surface area (Å²) in [4.78, 5) is 0. The molecule has 3 rings (SSSR count). The van der Waals surface area contributed by atoms with Gasteiger partial charge in [-0.1, -0.05) is 60.7 Å². The number of benzene rings is 2. The van der Waals surface area contributed by atoms with Crippen molar-refractivity contribution in [1.29, 1.82) is 0 Å². The lowest BCUT2D eigenvalue weighted by molar-refractivity contribution is -0.685. The summed E-state index contributed by atoms with van der Waals surface area (Å²) >= 11 is 12.7. The number of hydrogen-bond donors (Lipinski definition) is 0. The molecule has 4 heteroatoms. The first-order valence-electron chi connectivity index (χ1n) is 6.75. The van der Waals surface area contributed by atoms with Crippen LogP contribution in [0, 0.1) is 0 Å². The zero-order chi connectivity index (χ0) is 14.7. The molecule has 0 fully saturated rings. The lowest BCUT2D eigenvalue weighted by atomic mass is 10.2. The predicted octanol–water partition coefficient (Wildman–Crippen LogP) is 4.18. The third-order valence-corrected chi connectivity index (χ3v) is 4.23. The summed E-state index contributed by atoms with van der Waals surface area (Å²) in [6.45, 7) is 1.42. The Bertz CT molecular complexity index is 659. The van der Waals surface area contributed by atoms with Gasteiger partial charge in [0.2, 0.25) is 6.33 Å². The average Bonchev–Trinajstić information content (AvgIpc) is 2.78. The van der Waals surface area contributed by atoms with Crippen molar-refractivity contribution in [2.24, 2.45) is 0 Å². The first-order chi connectivity index (χ1) is 10.2. The van der Waals surface area contributed by atoms with E-state index in [4.69, 9.17) is 23.2 Å². The summed E-state index contributed by atoms with van der Waals surface area (Å²) in [6.07, 6.45) is 1.96. The molecule has 1 aromatic heterocycles. The second-order valence-corrected chi connectivity index (χ2v) is 5.64. The fourth-order valence-electron chi connectivity index (χ4n) is 2.29. The highest BCUT2D eigenvalue weighted by Crippen LogP contribution is 2.20. The maximum Gasteiger partial charge on any atom is 0.255 e. The van der Waals surface area contributed by atoms with E-state index >= 15 is 0 Å². The fourth-order valence-corrected chi connectivity index (χ4v) is 2.71. The normalized spacial score (nSPS) is 10.8. The number of rotatable bonds is 4. The SMILES string of the molecule is Clc1c(Cl)[n+](Cc2ccccc2)cn1Cc1ccccc1. The van der Waals surface area contributed by atoms with Crippen LogP contribution in [-0.4, -0.2) is 4.57 Å². The van der Waals surface area contributed by atoms with E-state index in [1.54, 1.807) is 0 Å². The topological polar surface area (TPSA) is 8.81 Å². The molecule has 0 radical (unpaired) electrons. The Kier molecular flexibility index (Phi) is 4.28. The van der Waals surface area contributed by atoms with Gasteiger partial charge in [0.25, 0.3) is 10.3 Å². The predicted molar refractivity (Wildman–Crippen MR) is 85.7 cm³/mol. The summed E-state index contributed by atoms with van der Waals surface area (Å²) in [7, 11) is 0. The zero-order valence-corrected chi connectivity index (χ0v) is 12.9. The van der Waals surface area contributed by atoms with Gasteiger partial charge in [0, 0.05) is 0 Å². The molecule has 0 spiro atoms. The number of nitrogens with zero attached hydrogens (tertiary/aromatic N) is 2. The molecule has 0 N–H and O–H groups in total. The lowest BCUT2D eigenvalue weighted by Gasteiger charge is -1.98. The van der Waals surface area contributed by atoms with Crippen molar-refractivity contribution in [3.8, 4) is 0 Å². The van der Waals surface area contributed by atoms with Crippen molar-refractivity contribution in [1.82, 2.24) is 4.57 Å². The quantitative estimate of drug-likeness (QED) is 0.638. The summed E-state index contributed by atoms with van der Waals surface area (Å²) in [6, 6.07) is 20.4. The Morgan fingerprint density at radius 3 is 2.00 bits per heavy atom. The van der Waals surface area contributed by atoms with Crippen LogP contribution in [0.5, 0.6) is 0 Å². The molecule has 0 saturated carbocycles. The minimum absolute atomic E-state index is 0.566. The van der Waals surface area contributed by atoms with Gasteiger partial charge >= 0.3 is 0 Å². The second-order valence-electron chi connectivity index (χ2n) is 4.92. The van der Waals surface area contributed by atoms with E-state index in [0.717, 1.165) is 0 Å². The van der Waals surface area contributed by atoms with Crippen molar-refractivity contribution in [2.75, 3.05) is 0 Å². The summed E-state index contributed by atoms with van der Waals surface area (Å²) in [5.74, 6) is 0. The van der Waals surface area contributed by atoms with Crippen LogP contribution in [-0.2, 0) is 13.1 Å². The van der Waals surface area contributed by atoms with Crippen LogP contribution in [0.1, 0.15) is 11.1 Å². The van der Waals surface area contributed by atoms with Gasteiger partial charge in [0.05, 0.1) is 0 Å². The molecule has 0 aliphatic rings. The van der Waals surface area contributed by atoms with Gasteiger partial charge in [-0.2, -0.15) is 0 Å². The Morgan fingerprint density at radius 1 is 0.810 bits per heavy atom. The van der Waals surface area contributed by atoms with Gasteiger partial charge in [-0.25, -0.2) is 9.13 Å². The summed E-state index contributed by atoms with van der Waals surface area (Å²) < 4.78 is 3.92. The molecule has 21 heavy (non-hydrogen) atoms. The first kappa shape index (κ1) is 14.2. The van der Waals surface area contributed by atoms with E-state index in [1.165, 1.54) is 11.1 Å². The third kappa shape index (κ3) is 3.29. The molecule has 106 valence electrons. The molecule has 3 aromatic rings. The minimum atomic E-state index is 0.566. The Hall–Kier alpha value is -1.77. The molecule has 0 amide bonds. The Labute approximate surface area is 134 Å². The number of halogens is 2. The van der Waals surface area contributed by atoms with Crippen LogP contribution in [0.15, 0.2) is 67.0 Å². The van der Waals surface area contributed by atoms with E-state index in [-0.39, 0.29) is 0 Å². The monoisotopic (exact) mass is 317 g/mol. The molecular weight excluding hydrogens is 303 g/mol. The molecule has 0 aliphatic heterocycles. The molecule has 2 aromatic carbocycles. The van der Waals surface area contributed by atoms with E-state index in [9.17, 15) is 0 Å². The number of aromatic nitrogens is 2. The highest BCUT2D eigenvalue weighted by molar-refractivity contribution is 6.39. The molecule has 0 unspecified atom stereocenters. The van der Waals surface area contributed by atoms with E-state index in [2.05, 4.69) is 24.3 Å². The maximum absolute atomic E-state index is 6.34. The smallest absolute Gasteiger partial charge is 0.215 e. The van der Waals surface area contributed by atoms with Crippen molar-refractivity contribution in [3.05, 3.63) is 88.4 Å². The highest BCUT2D eigenvalue weighted by atomic mass is 35.5. The van der Waals surface area contributed by atoms with Crippen LogP contribution >= 0.6 is 23.2 Å². The van der Waals surface area contributed by atoms with Crippen molar-refractivity contribution >= 4 is 23.2 Å². The molecule has 0 atom stereocenters. The van der Waals surface area contributed by atoms with Crippen LogP contribution in [0.25, 0.3) is 0 Å². The molecule has 1 heterocycles. The molecule has 0 saturated heterocycles. The lowest BCUT2D eigenvalue weighted by Crippen LogP contribution is -2.33. The van der Waals surface area contributed by atoms with Crippen LogP contribution in [0.4, 0.5) is 0 Å². The van der Waals surface area contributed by atoms with Crippen LogP contribution in [0.2, 0.25) is 10.3 Å².